The van der Waals surface area contributed by atoms with Crippen molar-refractivity contribution in [2.75, 3.05) is 19.7 Å². The van der Waals surface area contributed by atoms with E-state index in [1.54, 1.807) is 19.1 Å². The average Bonchev–Trinajstić information content (AvgIpc) is 2.94. The summed E-state index contributed by atoms with van der Waals surface area (Å²) >= 11 is 0. The molecule has 1 aromatic rings. The SMILES string of the molecule is CC[C@H](C)[C@H](NC(=O)[C@H](N)Cc1ccc(O)cc1)C(=O)NCC(=O)N[C@@H](CO)C(=O)N[C@@H](CCCN=C(N)N)C(=O)O. The van der Waals surface area contributed by atoms with E-state index in [1.807, 2.05) is 6.92 Å². The number of phenols is 1. The minimum Gasteiger partial charge on any atom is -0.508 e. The van der Waals surface area contributed by atoms with Crippen molar-refractivity contribution in [1.82, 2.24) is 21.3 Å². The van der Waals surface area contributed by atoms with Gasteiger partial charge >= 0.3 is 5.97 Å². The first-order valence-electron chi connectivity index (χ1n) is 13.4. The van der Waals surface area contributed by atoms with Gasteiger partial charge in [-0.25, -0.2) is 4.79 Å². The first-order chi connectivity index (χ1) is 19.8. The quantitative estimate of drug-likeness (QED) is 0.0464. The number of aromatic hydroxyl groups is 1. The van der Waals surface area contributed by atoms with Gasteiger partial charge in [0.15, 0.2) is 5.96 Å². The number of aliphatic hydroxyl groups excluding tert-OH is 1. The lowest BCUT2D eigenvalue weighted by Gasteiger charge is -2.25. The zero-order valence-electron chi connectivity index (χ0n) is 23.7. The number of carbonyl (C=O) groups excluding carboxylic acids is 4. The van der Waals surface area contributed by atoms with Crippen molar-refractivity contribution in [3.63, 3.8) is 0 Å². The van der Waals surface area contributed by atoms with Crippen molar-refractivity contribution in [3.05, 3.63) is 29.8 Å². The Morgan fingerprint density at radius 3 is 2.14 bits per heavy atom. The second-order valence-corrected chi connectivity index (χ2v) is 9.72. The summed E-state index contributed by atoms with van der Waals surface area (Å²) in [6, 6.07) is 1.36. The number of aliphatic imine (C=N–C) groups is 1. The highest BCUT2D eigenvalue weighted by Crippen LogP contribution is 2.12. The summed E-state index contributed by atoms with van der Waals surface area (Å²) in [6.45, 7) is 2.26. The predicted octanol–water partition coefficient (Wildman–Crippen LogP) is -2.99. The Bertz CT molecular complexity index is 1090. The van der Waals surface area contributed by atoms with Gasteiger partial charge in [0, 0.05) is 6.54 Å². The fraction of sp³-hybridized carbons (Fsp3) is 0.538. The molecule has 0 aromatic heterocycles. The smallest absolute Gasteiger partial charge is 0.326 e. The van der Waals surface area contributed by atoms with Crippen molar-refractivity contribution in [1.29, 1.82) is 0 Å². The van der Waals surface area contributed by atoms with Gasteiger partial charge in [0.2, 0.25) is 23.6 Å². The van der Waals surface area contributed by atoms with Gasteiger partial charge in [0.05, 0.1) is 19.2 Å². The second-order valence-electron chi connectivity index (χ2n) is 9.72. The summed E-state index contributed by atoms with van der Waals surface area (Å²) in [5.74, 6) is -4.78. The van der Waals surface area contributed by atoms with Crippen LogP contribution in [0.5, 0.6) is 5.75 Å². The number of nitrogens with one attached hydrogen (secondary N) is 4. The number of carboxylic acid groups (broad SMARTS) is 1. The van der Waals surface area contributed by atoms with Crippen LogP contribution in [-0.4, -0.2) is 94.7 Å². The maximum Gasteiger partial charge on any atom is 0.326 e. The van der Waals surface area contributed by atoms with Gasteiger partial charge in [-0.05, 0) is 42.9 Å². The van der Waals surface area contributed by atoms with Crippen LogP contribution in [0, 0.1) is 5.92 Å². The summed E-state index contributed by atoms with van der Waals surface area (Å²) < 4.78 is 0. The summed E-state index contributed by atoms with van der Waals surface area (Å²) in [7, 11) is 0. The van der Waals surface area contributed by atoms with E-state index in [2.05, 4.69) is 26.3 Å². The Morgan fingerprint density at radius 2 is 1.60 bits per heavy atom. The number of carboxylic acids is 1. The third kappa shape index (κ3) is 12.8. The third-order valence-electron chi connectivity index (χ3n) is 6.34. The number of nitrogens with zero attached hydrogens (tertiary/aromatic N) is 1. The molecular weight excluding hydrogens is 552 g/mol. The monoisotopic (exact) mass is 594 g/mol. The summed E-state index contributed by atoms with van der Waals surface area (Å²) in [5, 5.41) is 37.8. The van der Waals surface area contributed by atoms with Gasteiger partial charge in [0.1, 0.15) is 23.9 Å². The third-order valence-corrected chi connectivity index (χ3v) is 6.34. The minimum absolute atomic E-state index is 0.0126. The van der Waals surface area contributed by atoms with Crippen LogP contribution < -0.4 is 38.5 Å². The Morgan fingerprint density at radius 1 is 0.952 bits per heavy atom. The van der Waals surface area contributed by atoms with Crippen LogP contribution in [0.4, 0.5) is 0 Å². The number of aliphatic hydroxyl groups is 1. The molecule has 0 aliphatic carbocycles. The highest BCUT2D eigenvalue weighted by Gasteiger charge is 2.29. The first-order valence-corrected chi connectivity index (χ1v) is 13.4. The van der Waals surface area contributed by atoms with Crippen LogP contribution in [0.3, 0.4) is 0 Å². The second kappa shape index (κ2) is 18.1. The molecule has 5 atom stereocenters. The Kier molecular flexibility index (Phi) is 15.3. The normalized spacial score (nSPS) is 14.3. The lowest BCUT2D eigenvalue weighted by atomic mass is 9.97. The number of nitrogens with two attached hydrogens (primary N) is 3. The fourth-order valence-corrected chi connectivity index (χ4v) is 3.69. The molecule has 1 aromatic carbocycles. The Balaban J connectivity index is 2.70. The number of carbonyl (C=O) groups is 5. The van der Waals surface area contributed by atoms with Gasteiger partial charge in [-0.2, -0.15) is 0 Å². The van der Waals surface area contributed by atoms with Crippen molar-refractivity contribution in [2.45, 2.75) is 63.7 Å². The van der Waals surface area contributed by atoms with Gasteiger partial charge in [-0.1, -0.05) is 32.4 Å². The molecule has 0 unspecified atom stereocenters. The molecule has 234 valence electrons. The zero-order chi connectivity index (χ0) is 31.8. The molecule has 0 saturated heterocycles. The van der Waals surface area contributed by atoms with Crippen LogP contribution in [-0.2, 0) is 30.4 Å². The Hall–Kier alpha value is -4.44. The molecule has 0 radical (unpaired) electrons. The largest absolute Gasteiger partial charge is 0.508 e. The van der Waals surface area contributed by atoms with E-state index in [-0.39, 0.29) is 43.4 Å². The number of aliphatic carboxylic acids is 1. The standard InChI is InChI=1S/C26H42N8O8/c1-3-14(2)21(34-22(38)17(27)11-15-6-8-16(36)9-7-15)24(40)31-12-20(37)32-19(13-35)23(39)33-18(25(41)42)5-4-10-30-26(28)29/h6-9,14,17-19,21,35-36H,3-5,10-13,27H2,1-2H3,(H,31,40)(H,32,37)(H,33,39)(H,34,38)(H,41,42)(H4,28,29,30)/t14-,17+,18-,19-,21-/m0/s1. The van der Waals surface area contributed by atoms with Crippen LogP contribution in [0.2, 0.25) is 0 Å². The van der Waals surface area contributed by atoms with E-state index in [1.165, 1.54) is 12.1 Å². The first kappa shape index (κ1) is 35.6. The lowest BCUT2D eigenvalue weighted by Crippen LogP contribution is -2.57. The van der Waals surface area contributed by atoms with Crippen molar-refractivity contribution >= 4 is 35.6 Å². The fourth-order valence-electron chi connectivity index (χ4n) is 3.69. The van der Waals surface area contributed by atoms with Crippen LogP contribution in [0.15, 0.2) is 29.3 Å². The van der Waals surface area contributed by atoms with Gasteiger partial charge in [-0.3, -0.25) is 24.2 Å². The van der Waals surface area contributed by atoms with Gasteiger partial charge in [-0.15, -0.1) is 0 Å². The number of rotatable bonds is 18. The van der Waals surface area contributed by atoms with E-state index in [4.69, 9.17) is 17.2 Å². The highest BCUT2D eigenvalue weighted by atomic mass is 16.4. The molecule has 42 heavy (non-hydrogen) atoms. The van der Waals surface area contributed by atoms with E-state index in [0.29, 0.717) is 12.0 Å². The maximum absolute atomic E-state index is 12.9. The molecule has 16 heteroatoms. The molecule has 0 saturated carbocycles. The summed E-state index contributed by atoms with van der Waals surface area (Å²) in [4.78, 5) is 65.8. The molecular formula is C26H42N8O8. The molecule has 0 aliphatic rings. The topological polar surface area (TPSA) is 285 Å². The molecule has 0 heterocycles. The van der Waals surface area contributed by atoms with E-state index >= 15 is 0 Å². The molecule has 0 bridgehead atoms. The number of phenolic OH excluding ortho intramolecular Hbond substituents is 1. The molecule has 13 N–H and O–H groups in total. The summed E-state index contributed by atoms with van der Waals surface area (Å²) in [6.07, 6.45) is 0.905. The number of hydrogen-bond donors (Lipinski definition) is 10. The molecule has 1 rings (SSSR count). The van der Waals surface area contributed by atoms with Crippen molar-refractivity contribution < 1.29 is 39.3 Å². The lowest BCUT2D eigenvalue weighted by molar-refractivity contribution is -0.142. The van der Waals surface area contributed by atoms with E-state index < -0.39 is 66.9 Å². The van der Waals surface area contributed by atoms with Crippen molar-refractivity contribution in [3.8, 4) is 5.75 Å². The maximum atomic E-state index is 12.9. The predicted molar refractivity (Wildman–Crippen MR) is 153 cm³/mol. The van der Waals surface area contributed by atoms with Gasteiger partial charge in [0.25, 0.3) is 0 Å². The number of guanidine groups is 1. The van der Waals surface area contributed by atoms with Crippen molar-refractivity contribution in [2.24, 2.45) is 28.1 Å². The van der Waals surface area contributed by atoms with Crippen LogP contribution >= 0.6 is 0 Å². The number of amides is 4. The molecule has 0 spiro atoms. The zero-order valence-corrected chi connectivity index (χ0v) is 23.7. The van der Waals surface area contributed by atoms with Crippen LogP contribution in [0.25, 0.3) is 0 Å². The minimum atomic E-state index is -1.49. The molecule has 0 fully saturated rings. The average molecular weight is 595 g/mol. The Labute approximate surface area is 243 Å². The number of benzene rings is 1. The molecule has 4 amide bonds. The van der Waals surface area contributed by atoms with Crippen LogP contribution in [0.1, 0.15) is 38.7 Å². The van der Waals surface area contributed by atoms with Gasteiger partial charge < -0.3 is 53.8 Å². The highest BCUT2D eigenvalue weighted by molar-refractivity contribution is 5.94. The van der Waals surface area contributed by atoms with E-state index in [9.17, 15) is 39.3 Å². The number of hydrogen-bond acceptors (Lipinski definition) is 9. The molecule has 0 aliphatic heterocycles. The molecule has 16 nitrogen and oxygen atoms in total. The van der Waals surface area contributed by atoms with E-state index in [0.717, 1.165) is 0 Å². The summed E-state index contributed by atoms with van der Waals surface area (Å²) in [5.41, 5.74) is 17.2.